The van der Waals surface area contributed by atoms with Crippen molar-refractivity contribution in [3.63, 3.8) is 0 Å². The van der Waals surface area contributed by atoms with E-state index < -0.39 is 22.0 Å². The number of allylic oxidation sites excluding steroid dienone is 2. The Hall–Kier alpha value is -0.880. The second-order valence-corrected chi connectivity index (χ2v) is 7.64. The first-order valence-corrected chi connectivity index (χ1v) is 10.3. The Balaban J connectivity index is 3.69. The van der Waals surface area contributed by atoms with Crippen molar-refractivity contribution < 1.29 is 22.9 Å². The van der Waals surface area contributed by atoms with Gasteiger partial charge in [0.25, 0.3) is 10.1 Å². The molecule has 0 aromatic heterocycles. The van der Waals surface area contributed by atoms with Crippen molar-refractivity contribution in [2.75, 3.05) is 5.75 Å². The van der Waals surface area contributed by atoms with Gasteiger partial charge in [-0.2, -0.15) is 8.42 Å². The summed E-state index contributed by atoms with van der Waals surface area (Å²) in [5, 5.41) is 9.13. The lowest BCUT2D eigenvalue weighted by Crippen LogP contribution is -2.15. The van der Waals surface area contributed by atoms with Crippen LogP contribution in [0.2, 0.25) is 0 Å². The first-order chi connectivity index (χ1) is 10.9. The predicted molar refractivity (Wildman–Crippen MR) is 93.1 cm³/mol. The van der Waals surface area contributed by atoms with Gasteiger partial charge in [0.1, 0.15) is 0 Å². The summed E-state index contributed by atoms with van der Waals surface area (Å²) in [6.07, 6.45) is 14.3. The van der Waals surface area contributed by atoms with Crippen LogP contribution in [0.3, 0.4) is 0 Å². The second-order valence-electron chi connectivity index (χ2n) is 6.07. The summed E-state index contributed by atoms with van der Waals surface area (Å²) >= 11 is 0. The molecule has 0 fully saturated rings. The van der Waals surface area contributed by atoms with Gasteiger partial charge < -0.3 is 5.11 Å². The highest BCUT2D eigenvalue weighted by Crippen LogP contribution is 2.17. The van der Waals surface area contributed by atoms with Gasteiger partial charge in [-0.15, -0.1) is 0 Å². The molecule has 0 rings (SSSR count). The fourth-order valence-electron chi connectivity index (χ4n) is 2.47. The van der Waals surface area contributed by atoms with E-state index in [1.807, 2.05) is 0 Å². The maximum Gasteiger partial charge on any atom is 0.306 e. The molecule has 6 heteroatoms. The molecule has 2 N–H and O–H groups in total. The van der Waals surface area contributed by atoms with Crippen LogP contribution in [0, 0.1) is 5.92 Å². The summed E-state index contributed by atoms with van der Waals surface area (Å²) in [4.78, 5) is 11.1. The summed E-state index contributed by atoms with van der Waals surface area (Å²) in [5.74, 6) is -1.74. The average Bonchev–Trinajstić information content (AvgIpc) is 2.45. The highest BCUT2D eigenvalue weighted by Gasteiger charge is 2.17. The minimum atomic E-state index is -3.99. The number of carbonyl (C=O) groups is 1. The summed E-state index contributed by atoms with van der Waals surface area (Å²) < 4.78 is 29.9. The number of hydrogen-bond donors (Lipinski definition) is 2. The Bertz CT molecular complexity index is 428. The molecule has 0 bridgehead atoms. The van der Waals surface area contributed by atoms with Crippen LogP contribution in [0.25, 0.3) is 0 Å². The SMILES string of the molecule is CCCCC=CCCCCCCC(CCCS(=O)(=O)O)C(=O)O. The zero-order valence-corrected chi connectivity index (χ0v) is 15.1. The van der Waals surface area contributed by atoms with Crippen LogP contribution in [0.1, 0.15) is 77.6 Å². The van der Waals surface area contributed by atoms with E-state index in [1.54, 1.807) is 0 Å². The van der Waals surface area contributed by atoms with E-state index in [-0.39, 0.29) is 12.2 Å². The topological polar surface area (TPSA) is 91.7 Å². The maximum atomic E-state index is 11.1. The van der Waals surface area contributed by atoms with E-state index in [0.717, 1.165) is 38.5 Å². The molecule has 0 heterocycles. The minimum absolute atomic E-state index is 0.193. The average molecular weight is 349 g/mol. The molecule has 0 aliphatic rings. The number of carboxylic acids is 1. The van der Waals surface area contributed by atoms with Crippen LogP contribution < -0.4 is 0 Å². The van der Waals surface area contributed by atoms with E-state index in [4.69, 9.17) is 9.66 Å². The van der Waals surface area contributed by atoms with E-state index >= 15 is 0 Å². The van der Waals surface area contributed by atoms with Gasteiger partial charge >= 0.3 is 5.97 Å². The van der Waals surface area contributed by atoms with Gasteiger partial charge in [-0.1, -0.05) is 51.2 Å². The number of rotatable bonds is 15. The smallest absolute Gasteiger partial charge is 0.306 e. The van der Waals surface area contributed by atoms with Gasteiger partial charge in [-0.3, -0.25) is 9.35 Å². The van der Waals surface area contributed by atoms with Gasteiger partial charge in [0.15, 0.2) is 0 Å². The molecule has 1 atom stereocenters. The maximum absolute atomic E-state index is 11.1. The zero-order valence-electron chi connectivity index (χ0n) is 14.2. The second kappa shape index (κ2) is 13.5. The molecular weight excluding hydrogens is 316 g/mol. The Morgan fingerprint density at radius 1 is 0.957 bits per heavy atom. The summed E-state index contributed by atoms with van der Waals surface area (Å²) in [6, 6.07) is 0. The predicted octanol–water partition coefficient (Wildman–Crippen LogP) is 4.44. The van der Waals surface area contributed by atoms with E-state index in [9.17, 15) is 13.2 Å². The minimum Gasteiger partial charge on any atom is -0.481 e. The number of hydrogen-bond acceptors (Lipinski definition) is 3. The first-order valence-electron chi connectivity index (χ1n) is 8.69. The Kier molecular flexibility index (Phi) is 13.0. The molecule has 0 radical (unpaired) electrons. The van der Waals surface area contributed by atoms with Crippen molar-refractivity contribution in [2.24, 2.45) is 5.92 Å². The lowest BCUT2D eigenvalue weighted by atomic mass is 9.96. The van der Waals surface area contributed by atoms with Gasteiger partial charge in [0.05, 0.1) is 11.7 Å². The van der Waals surface area contributed by atoms with Crippen molar-refractivity contribution in [3.05, 3.63) is 12.2 Å². The Morgan fingerprint density at radius 2 is 1.52 bits per heavy atom. The summed E-state index contributed by atoms with van der Waals surface area (Å²) in [6.45, 7) is 2.18. The normalized spacial score (nSPS) is 13.5. The molecule has 0 aliphatic carbocycles. The van der Waals surface area contributed by atoms with Crippen LogP contribution in [0.5, 0.6) is 0 Å². The highest BCUT2D eigenvalue weighted by molar-refractivity contribution is 7.85. The van der Waals surface area contributed by atoms with Crippen LogP contribution >= 0.6 is 0 Å². The molecule has 136 valence electrons. The van der Waals surface area contributed by atoms with Crippen molar-refractivity contribution in [2.45, 2.75) is 77.6 Å². The standard InChI is InChI=1S/C17H32O5S/c1-2-3-4-5-6-7-8-9-10-11-13-16(17(18)19)14-12-15-23(20,21)22/h5-6,16H,2-4,7-15H2,1H3,(H,18,19)(H,20,21,22). The van der Waals surface area contributed by atoms with Crippen LogP contribution in [0.15, 0.2) is 12.2 Å². The number of unbranched alkanes of at least 4 members (excludes halogenated alkanes) is 6. The molecule has 0 saturated heterocycles. The van der Waals surface area contributed by atoms with E-state index in [0.29, 0.717) is 12.8 Å². The Morgan fingerprint density at radius 3 is 2.09 bits per heavy atom. The van der Waals surface area contributed by atoms with Gasteiger partial charge in [-0.05, 0) is 38.5 Å². The van der Waals surface area contributed by atoms with E-state index in [1.165, 1.54) is 12.8 Å². The third-order valence-corrected chi connectivity index (χ3v) is 4.67. The number of carboxylic acid groups (broad SMARTS) is 1. The fourth-order valence-corrected chi connectivity index (χ4v) is 3.00. The fraction of sp³-hybridized carbons (Fsp3) is 0.824. The highest BCUT2D eigenvalue weighted by atomic mass is 32.2. The molecule has 0 spiro atoms. The molecule has 0 saturated carbocycles. The third kappa shape index (κ3) is 15.8. The lowest BCUT2D eigenvalue weighted by Gasteiger charge is -2.11. The molecule has 5 nitrogen and oxygen atoms in total. The number of aliphatic carboxylic acids is 1. The summed E-state index contributed by atoms with van der Waals surface area (Å²) in [5.41, 5.74) is 0. The third-order valence-electron chi connectivity index (χ3n) is 3.87. The summed E-state index contributed by atoms with van der Waals surface area (Å²) in [7, 11) is -3.99. The van der Waals surface area contributed by atoms with Gasteiger partial charge in [0, 0.05) is 0 Å². The van der Waals surface area contributed by atoms with Gasteiger partial charge in [0.2, 0.25) is 0 Å². The Labute approximate surface area is 140 Å². The monoisotopic (exact) mass is 348 g/mol. The van der Waals surface area contributed by atoms with Crippen molar-refractivity contribution in [1.82, 2.24) is 0 Å². The first kappa shape index (κ1) is 22.1. The zero-order chi connectivity index (χ0) is 17.6. The van der Waals surface area contributed by atoms with Crippen LogP contribution in [0.4, 0.5) is 0 Å². The molecule has 0 aromatic carbocycles. The quantitative estimate of drug-likeness (QED) is 0.259. The molecular formula is C17H32O5S. The van der Waals surface area contributed by atoms with Gasteiger partial charge in [-0.25, -0.2) is 0 Å². The molecule has 23 heavy (non-hydrogen) atoms. The van der Waals surface area contributed by atoms with Crippen LogP contribution in [-0.4, -0.2) is 29.8 Å². The largest absolute Gasteiger partial charge is 0.481 e. The van der Waals surface area contributed by atoms with Crippen molar-refractivity contribution in [3.8, 4) is 0 Å². The molecule has 0 aromatic rings. The van der Waals surface area contributed by atoms with Crippen molar-refractivity contribution in [1.29, 1.82) is 0 Å². The van der Waals surface area contributed by atoms with Crippen molar-refractivity contribution >= 4 is 16.1 Å². The van der Waals surface area contributed by atoms with Crippen LogP contribution in [-0.2, 0) is 14.9 Å². The lowest BCUT2D eigenvalue weighted by molar-refractivity contribution is -0.142. The molecule has 1 unspecified atom stereocenters. The van der Waals surface area contributed by atoms with E-state index in [2.05, 4.69) is 19.1 Å². The molecule has 0 aliphatic heterocycles. The molecule has 0 amide bonds.